The number of alkyl carbamates (subject to hydrolysis) is 2. The van der Waals surface area contributed by atoms with E-state index >= 15 is 0 Å². The molecule has 0 radical (unpaired) electrons. The highest BCUT2D eigenvalue weighted by molar-refractivity contribution is 5.86. The first kappa shape index (κ1) is 21.1. The Morgan fingerprint density at radius 3 is 1.88 bits per heavy atom. The van der Waals surface area contributed by atoms with E-state index in [1.165, 1.54) is 7.11 Å². The van der Waals surface area contributed by atoms with Gasteiger partial charge in [-0.1, -0.05) is 5.16 Å². The van der Waals surface area contributed by atoms with Crippen LogP contribution >= 0.6 is 0 Å². The highest BCUT2D eigenvalue weighted by Crippen LogP contribution is 2.19. The van der Waals surface area contributed by atoms with Gasteiger partial charge in [0.25, 0.3) is 0 Å². The van der Waals surface area contributed by atoms with Crippen molar-refractivity contribution < 1.29 is 23.9 Å². The zero-order valence-electron chi connectivity index (χ0n) is 16.3. The lowest BCUT2D eigenvalue weighted by Crippen LogP contribution is -2.56. The minimum atomic E-state index is -0.601. The van der Waals surface area contributed by atoms with Crippen LogP contribution in [-0.2, 0) is 14.3 Å². The van der Waals surface area contributed by atoms with Gasteiger partial charge in [-0.2, -0.15) is 0 Å². The highest BCUT2D eigenvalue weighted by Gasteiger charge is 2.33. The Labute approximate surface area is 149 Å². The van der Waals surface area contributed by atoms with Crippen molar-refractivity contribution in [1.29, 1.82) is 0 Å². The van der Waals surface area contributed by atoms with Gasteiger partial charge < -0.3 is 24.9 Å². The van der Waals surface area contributed by atoms with Crippen molar-refractivity contribution in [3.8, 4) is 0 Å². The monoisotopic (exact) mass is 357 g/mol. The van der Waals surface area contributed by atoms with Gasteiger partial charge in [0.1, 0.15) is 18.3 Å². The molecule has 1 fully saturated rings. The Hall–Kier alpha value is -1.99. The van der Waals surface area contributed by atoms with Crippen molar-refractivity contribution in [1.82, 2.24) is 10.6 Å². The standard InChI is InChI=1S/C17H31N3O5/c1-16(2,3)24-14(21)18-12-9-8-11(20-23-7)10-13(12)19-15(22)25-17(4,5)6/h12-13H,8-10H2,1-7H3,(H,18,21)(H,19,22)/t12-,13+/m1/s1. The van der Waals surface area contributed by atoms with E-state index in [4.69, 9.17) is 14.3 Å². The van der Waals surface area contributed by atoms with E-state index in [9.17, 15) is 9.59 Å². The average molecular weight is 357 g/mol. The van der Waals surface area contributed by atoms with Crippen molar-refractivity contribution >= 4 is 17.9 Å². The second-order valence-electron chi connectivity index (χ2n) is 8.09. The molecule has 1 aliphatic carbocycles. The van der Waals surface area contributed by atoms with E-state index in [2.05, 4.69) is 15.8 Å². The molecule has 1 aliphatic rings. The van der Waals surface area contributed by atoms with Gasteiger partial charge in [-0.15, -0.1) is 0 Å². The van der Waals surface area contributed by atoms with Crippen LogP contribution in [0.25, 0.3) is 0 Å². The normalized spacial score (nSPS) is 22.9. The van der Waals surface area contributed by atoms with Crippen molar-refractivity contribution in [2.24, 2.45) is 5.16 Å². The van der Waals surface area contributed by atoms with E-state index in [0.29, 0.717) is 19.3 Å². The molecule has 144 valence electrons. The molecular formula is C17H31N3O5. The van der Waals surface area contributed by atoms with Crippen LogP contribution in [0.3, 0.4) is 0 Å². The molecular weight excluding hydrogens is 326 g/mol. The SMILES string of the molecule is CON=C1CC[C@@H](NC(=O)OC(C)(C)C)[C@@H](NC(=O)OC(C)(C)C)C1. The van der Waals surface area contributed by atoms with Crippen molar-refractivity contribution in [3.05, 3.63) is 0 Å². The predicted octanol–water partition coefficient (Wildman–Crippen LogP) is 2.96. The van der Waals surface area contributed by atoms with Crippen LogP contribution in [0.15, 0.2) is 5.16 Å². The Morgan fingerprint density at radius 2 is 1.44 bits per heavy atom. The smallest absolute Gasteiger partial charge is 0.407 e. The molecule has 0 spiro atoms. The number of hydrogen-bond donors (Lipinski definition) is 2. The van der Waals surface area contributed by atoms with E-state index in [1.54, 1.807) is 41.5 Å². The zero-order valence-corrected chi connectivity index (χ0v) is 16.3. The molecule has 2 amide bonds. The van der Waals surface area contributed by atoms with Gasteiger partial charge in [0.05, 0.1) is 17.8 Å². The lowest BCUT2D eigenvalue weighted by Gasteiger charge is -2.34. The molecule has 8 heteroatoms. The van der Waals surface area contributed by atoms with Gasteiger partial charge in [0.2, 0.25) is 0 Å². The molecule has 0 unspecified atom stereocenters. The summed E-state index contributed by atoms with van der Waals surface area (Å²) in [6.07, 6.45) is 0.698. The van der Waals surface area contributed by atoms with Crippen LogP contribution in [0.4, 0.5) is 9.59 Å². The molecule has 0 bridgehead atoms. The topological polar surface area (TPSA) is 98.3 Å². The maximum atomic E-state index is 12.1. The summed E-state index contributed by atoms with van der Waals surface area (Å²) in [5.74, 6) is 0. The largest absolute Gasteiger partial charge is 0.444 e. The Balaban J connectivity index is 2.77. The van der Waals surface area contributed by atoms with E-state index in [1.807, 2.05) is 0 Å². The fourth-order valence-electron chi connectivity index (χ4n) is 2.48. The molecule has 25 heavy (non-hydrogen) atoms. The van der Waals surface area contributed by atoms with Crippen LogP contribution in [0.2, 0.25) is 0 Å². The number of rotatable bonds is 3. The molecule has 8 nitrogen and oxygen atoms in total. The maximum absolute atomic E-state index is 12.1. The maximum Gasteiger partial charge on any atom is 0.407 e. The Morgan fingerprint density at radius 1 is 0.960 bits per heavy atom. The van der Waals surface area contributed by atoms with E-state index in [0.717, 1.165) is 5.71 Å². The number of carbonyl (C=O) groups excluding carboxylic acids is 2. The van der Waals surface area contributed by atoms with E-state index in [-0.39, 0.29) is 12.1 Å². The van der Waals surface area contributed by atoms with Crippen LogP contribution in [0.1, 0.15) is 60.8 Å². The van der Waals surface area contributed by atoms with Crippen molar-refractivity contribution in [2.45, 2.75) is 84.1 Å². The molecule has 2 atom stereocenters. The minimum Gasteiger partial charge on any atom is -0.444 e. The minimum absolute atomic E-state index is 0.279. The molecule has 1 rings (SSSR count). The van der Waals surface area contributed by atoms with Gasteiger partial charge in [-0.05, 0) is 54.4 Å². The summed E-state index contributed by atoms with van der Waals surface area (Å²) in [5, 5.41) is 9.61. The Bertz CT molecular complexity index is 505. The first-order valence-corrected chi connectivity index (χ1v) is 8.47. The molecule has 0 aromatic carbocycles. The van der Waals surface area contributed by atoms with Crippen LogP contribution in [-0.4, -0.2) is 48.3 Å². The number of hydrogen-bond acceptors (Lipinski definition) is 6. The predicted molar refractivity (Wildman–Crippen MR) is 94.6 cm³/mol. The van der Waals surface area contributed by atoms with Crippen molar-refractivity contribution in [3.63, 3.8) is 0 Å². The summed E-state index contributed by atoms with van der Waals surface area (Å²) in [5.41, 5.74) is -0.364. The van der Waals surface area contributed by atoms with Crippen LogP contribution in [0, 0.1) is 0 Å². The van der Waals surface area contributed by atoms with Crippen LogP contribution in [0.5, 0.6) is 0 Å². The van der Waals surface area contributed by atoms with Gasteiger partial charge in [-0.25, -0.2) is 9.59 Å². The van der Waals surface area contributed by atoms with Gasteiger partial charge in [0.15, 0.2) is 0 Å². The number of ether oxygens (including phenoxy) is 2. The summed E-state index contributed by atoms with van der Waals surface area (Å²) >= 11 is 0. The molecule has 0 aliphatic heterocycles. The van der Waals surface area contributed by atoms with Gasteiger partial charge in [-0.3, -0.25) is 0 Å². The third kappa shape index (κ3) is 8.60. The third-order valence-corrected chi connectivity index (χ3v) is 3.31. The summed E-state index contributed by atoms with van der Waals surface area (Å²) in [6.45, 7) is 10.8. The first-order chi connectivity index (χ1) is 11.4. The average Bonchev–Trinajstić information content (AvgIpc) is 2.37. The van der Waals surface area contributed by atoms with Crippen molar-refractivity contribution in [2.75, 3.05) is 7.11 Å². The molecule has 0 aromatic heterocycles. The number of amides is 2. The summed E-state index contributed by atoms with van der Waals surface area (Å²) in [7, 11) is 1.48. The Kier molecular flexibility index (Phi) is 7.07. The summed E-state index contributed by atoms with van der Waals surface area (Å²) in [4.78, 5) is 29.0. The second-order valence-corrected chi connectivity index (χ2v) is 8.09. The quantitative estimate of drug-likeness (QED) is 0.757. The first-order valence-electron chi connectivity index (χ1n) is 8.47. The van der Waals surface area contributed by atoms with Crippen LogP contribution < -0.4 is 10.6 Å². The fraction of sp³-hybridized carbons (Fsp3) is 0.824. The summed E-state index contributed by atoms with van der Waals surface area (Å²) in [6, 6.07) is -0.636. The highest BCUT2D eigenvalue weighted by atomic mass is 16.6. The third-order valence-electron chi connectivity index (χ3n) is 3.31. The van der Waals surface area contributed by atoms with Gasteiger partial charge >= 0.3 is 12.2 Å². The molecule has 0 heterocycles. The molecule has 0 aromatic rings. The lowest BCUT2D eigenvalue weighted by atomic mass is 9.89. The number of nitrogens with one attached hydrogen (secondary N) is 2. The zero-order chi connectivity index (χ0) is 19.3. The number of oxime groups is 1. The van der Waals surface area contributed by atoms with E-state index < -0.39 is 23.4 Å². The summed E-state index contributed by atoms with van der Waals surface area (Å²) < 4.78 is 10.6. The molecule has 2 N–H and O–H groups in total. The number of carbonyl (C=O) groups is 2. The second kappa shape index (κ2) is 8.40. The van der Waals surface area contributed by atoms with Gasteiger partial charge in [0, 0.05) is 6.42 Å². The lowest BCUT2D eigenvalue weighted by molar-refractivity contribution is 0.0423. The molecule has 1 saturated carbocycles. The molecule has 0 saturated heterocycles. The number of nitrogens with zero attached hydrogens (tertiary/aromatic N) is 1. The fourth-order valence-corrected chi connectivity index (χ4v) is 2.48.